The highest BCUT2D eigenvalue weighted by Gasteiger charge is 2.28. The Hall–Kier alpha value is -1.60. The fourth-order valence-electron chi connectivity index (χ4n) is 4.03. The van der Waals surface area contributed by atoms with Gasteiger partial charge in [-0.25, -0.2) is 0 Å². The number of benzene rings is 2. The normalized spacial score (nSPS) is 18.5. The summed E-state index contributed by atoms with van der Waals surface area (Å²) in [4.78, 5) is 0. The average molecular weight is 350 g/mol. The molecule has 1 heterocycles. The van der Waals surface area contributed by atoms with Crippen LogP contribution >= 0.6 is 0 Å². The summed E-state index contributed by atoms with van der Waals surface area (Å²) in [7, 11) is 0. The van der Waals surface area contributed by atoms with Crippen molar-refractivity contribution < 1.29 is 0 Å². The van der Waals surface area contributed by atoms with E-state index in [4.69, 9.17) is 0 Å². The summed E-state index contributed by atoms with van der Waals surface area (Å²) in [6, 6.07) is 19.2. The molecular weight excluding hydrogens is 314 g/mol. The molecule has 0 amide bonds. The third kappa shape index (κ3) is 4.20. The first kappa shape index (κ1) is 19.2. The zero-order valence-electron chi connectivity index (χ0n) is 17.4. The van der Waals surface area contributed by atoms with Gasteiger partial charge in [0.2, 0.25) is 0 Å². The van der Waals surface area contributed by atoms with Crippen molar-refractivity contribution >= 4 is 0 Å². The third-order valence-corrected chi connectivity index (χ3v) is 5.77. The van der Waals surface area contributed by atoms with Crippen LogP contribution in [0.2, 0.25) is 0 Å². The average Bonchev–Trinajstić information content (AvgIpc) is 3.08. The van der Waals surface area contributed by atoms with Gasteiger partial charge in [0.1, 0.15) is 0 Å². The molecule has 1 aliphatic rings. The minimum absolute atomic E-state index is 0.202. The summed E-state index contributed by atoms with van der Waals surface area (Å²) in [6.45, 7) is 14.8. The van der Waals surface area contributed by atoms with Crippen LogP contribution in [-0.4, -0.2) is 12.6 Å². The van der Waals surface area contributed by atoms with Crippen LogP contribution in [0.3, 0.4) is 0 Å². The smallest absolute Gasteiger partial charge is 0.0243 e. The van der Waals surface area contributed by atoms with Crippen LogP contribution < -0.4 is 5.32 Å². The molecule has 1 heteroatoms. The summed E-state index contributed by atoms with van der Waals surface area (Å²) in [6.07, 6.45) is 2.54. The minimum Gasteiger partial charge on any atom is -0.313 e. The van der Waals surface area contributed by atoms with Crippen LogP contribution in [-0.2, 0) is 10.8 Å². The zero-order chi connectivity index (χ0) is 18.9. The molecular formula is C25H35N. The topological polar surface area (TPSA) is 12.0 Å². The molecule has 1 saturated heterocycles. The Morgan fingerprint density at radius 1 is 0.731 bits per heavy atom. The standard InChI is InChI=1S/C25H35N/c1-24(2,3)20-13-9-18(10-14-20)23(22-8-7-17-26-22)19-11-15-21(16-12-19)25(4,5)6/h9-16,22-23,26H,7-8,17H2,1-6H3/t22-/m0/s1. The van der Waals surface area contributed by atoms with E-state index in [1.165, 1.54) is 35.1 Å². The fraction of sp³-hybridized carbons (Fsp3) is 0.520. The lowest BCUT2D eigenvalue weighted by molar-refractivity contribution is 0.538. The largest absolute Gasteiger partial charge is 0.313 e. The molecule has 0 radical (unpaired) electrons. The van der Waals surface area contributed by atoms with Gasteiger partial charge in [0.25, 0.3) is 0 Å². The van der Waals surface area contributed by atoms with E-state index in [2.05, 4.69) is 95.4 Å². The molecule has 1 atom stereocenters. The Bertz CT molecular complexity index is 647. The summed E-state index contributed by atoms with van der Waals surface area (Å²) < 4.78 is 0. The van der Waals surface area contributed by atoms with Gasteiger partial charge in [-0.05, 0) is 52.5 Å². The third-order valence-electron chi connectivity index (χ3n) is 5.77. The summed E-state index contributed by atoms with van der Waals surface area (Å²) in [5, 5.41) is 3.74. The number of hydrogen-bond acceptors (Lipinski definition) is 1. The van der Waals surface area contributed by atoms with E-state index in [0.29, 0.717) is 12.0 Å². The van der Waals surface area contributed by atoms with Crippen molar-refractivity contribution in [3.63, 3.8) is 0 Å². The molecule has 26 heavy (non-hydrogen) atoms. The van der Waals surface area contributed by atoms with Crippen molar-refractivity contribution in [3.8, 4) is 0 Å². The van der Waals surface area contributed by atoms with Gasteiger partial charge in [-0.1, -0.05) is 90.1 Å². The number of nitrogens with one attached hydrogen (secondary N) is 1. The van der Waals surface area contributed by atoms with Crippen LogP contribution in [0.4, 0.5) is 0 Å². The molecule has 1 aliphatic heterocycles. The van der Waals surface area contributed by atoms with E-state index >= 15 is 0 Å². The molecule has 2 aromatic rings. The highest BCUT2D eigenvalue weighted by molar-refractivity contribution is 5.39. The lowest BCUT2D eigenvalue weighted by atomic mass is 9.80. The molecule has 3 rings (SSSR count). The van der Waals surface area contributed by atoms with Crippen LogP contribution in [0.1, 0.15) is 82.6 Å². The number of hydrogen-bond donors (Lipinski definition) is 1. The predicted molar refractivity (Wildman–Crippen MR) is 113 cm³/mol. The van der Waals surface area contributed by atoms with Crippen molar-refractivity contribution in [3.05, 3.63) is 70.8 Å². The Morgan fingerprint density at radius 2 is 1.15 bits per heavy atom. The van der Waals surface area contributed by atoms with Gasteiger partial charge in [-0.2, -0.15) is 0 Å². The second-order valence-electron chi connectivity index (χ2n) is 9.92. The highest BCUT2D eigenvalue weighted by Crippen LogP contribution is 2.34. The van der Waals surface area contributed by atoms with Crippen molar-refractivity contribution in [2.24, 2.45) is 0 Å². The van der Waals surface area contributed by atoms with Gasteiger partial charge in [0, 0.05) is 12.0 Å². The Balaban J connectivity index is 1.95. The van der Waals surface area contributed by atoms with E-state index in [-0.39, 0.29) is 10.8 Å². The van der Waals surface area contributed by atoms with E-state index < -0.39 is 0 Å². The van der Waals surface area contributed by atoms with E-state index in [9.17, 15) is 0 Å². The maximum absolute atomic E-state index is 3.74. The van der Waals surface area contributed by atoms with Crippen LogP contribution in [0.25, 0.3) is 0 Å². The number of rotatable bonds is 3. The molecule has 0 aliphatic carbocycles. The zero-order valence-corrected chi connectivity index (χ0v) is 17.4. The quantitative estimate of drug-likeness (QED) is 0.699. The van der Waals surface area contributed by atoms with Crippen LogP contribution in [0.15, 0.2) is 48.5 Å². The first-order chi connectivity index (χ1) is 12.2. The van der Waals surface area contributed by atoms with Crippen LogP contribution in [0, 0.1) is 0 Å². The molecule has 1 N–H and O–H groups in total. The summed E-state index contributed by atoms with van der Waals surface area (Å²) >= 11 is 0. The Morgan fingerprint density at radius 3 is 1.46 bits per heavy atom. The monoisotopic (exact) mass is 349 g/mol. The summed E-state index contributed by atoms with van der Waals surface area (Å²) in [5.41, 5.74) is 6.08. The molecule has 0 bridgehead atoms. The minimum atomic E-state index is 0.202. The predicted octanol–water partition coefficient (Wildman–Crippen LogP) is 6.17. The summed E-state index contributed by atoms with van der Waals surface area (Å²) in [5.74, 6) is 0.431. The van der Waals surface area contributed by atoms with Crippen molar-refractivity contribution in [2.75, 3.05) is 6.54 Å². The van der Waals surface area contributed by atoms with E-state index in [1.54, 1.807) is 0 Å². The van der Waals surface area contributed by atoms with Gasteiger partial charge >= 0.3 is 0 Å². The van der Waals surface area contributed by atoms with Crippen molar-refractivity contribution in [1.29, 1.82) is 0 Å². The van der Waals surface area contributed by atoms with Gasteiger partial charge in [0.15, 0.2) is 0 Å². The molecule has 0 saturated carbocycles. The van der Waals surface area contributed by atoms with Crippen LogP contribution in [0.5, 0.6) is 0 Å². The second-order valence-corrected chi connectivity index (χ2v) is 9.92. The van der Waals surface area contributed by atoms with Crippen molar-refractivity contribution in [2.45, 2.75) is 77.2 Å². The molecule has 0 spiro atoms. The molecule has 140 valence electrons. The molecule has 1 fully saturated rings. The van der Waals surface area contributed by atoms with Gasteiger partial charge in [-0.3, -0.25) is 0 Å². The molecule has 0 aromatic heterocycles. The Labute approximate surface area is 160 Å². The second kappa shape index (κ2) is 7.19. The lowest BCUT2D eigenvalue weighted by Gasteiger charge is -2.27. The van der Waals surface area contributed by atoms with Gasteiger partial charge in [-0.15, -0.1) is 0 Å². The molecule has 1 nitrogen and oxygen atoms in total. The van der Waals surface area contributed by atoms with E-state index in [1.807, 2.05) is 0 Å². The van der Waals surface area contributed by atoms with E-state index in [0.717, 1.165) is 6.54 Å². The fourth-order valence-corrected chi connectivity index (χ4v) is 4.03. The lowest BCUT2D eigenvalue weighted by Crippen LogP contribution is -2.29. The highest BCUT2D eigenvalue weighted by atomic mass is 14.9. The van der Waals surface area contributed by atoms with Crippen molar-refractivity contribution in [1.82, 2.24) is 5.32 Å². The first-order valence-electron chi connectivity index (χ1n) is 10.1. The molecule has 0 unspecified atom stereocenters. The van der Waals surface area contributed by atoms with Gasteiger partial charge < -0.3 is 5.32 Å². The van der Waals surface area contributed by atoms with Gasteiger partial charge in [0.05, 0.1) is 0 Å². The SMILES string of the molecule is CC(C)(C)c1ccc(C(c2ccc(C(C)(C)C)cc2)[C@@H]2CCCN2)cc1. The maximum atomic E-state index is 3.74. The first-order valence-corrected chi connectivity index (χ1v) is 10.1. The molecule has 2 aromatic carbocycles. The Kier molecular flexibility index (Phi) is 5.30. The maximum Gasteiger partial charge on any atom is 0.0243 e.